The molecule has 4 rings (SSSR count). The number of halogens is 1. The van der Waals surface area contributed by atoms with Crippen LogP contribution in [-0.4, -0.2) is 9.55 Å². The Balaban J connectivity index is 1.88. The average molecular weight is 327 g/mol. The summed E-state index contributed by atoms with van der Waals surface area (Å²) in [5, 5.41) is 0.811. The van der Waals surface area contributed by atoms with Gasteiger partial charge in [-0.1, -0.05) is 48.0 Å². The lowest BCUT2D eigenvalue weighted by Gasteiger charge is -2.31. The van der Waals surface area contributed by atoms with E-state index in [1.54, 1.807) is 0 Å². The zero-order valence-electron chi connectivity index (χ0n) is 11.9. The molecule has 3 aromatic rings. The van der Waals surface area contributed by atoms with Gasteiger partial charge in [0.25, 0.3) is 0 Å². The maximum absolute atomic E-state index is 6.18. The molecule has 0 aliphatic carbocycles. The lowest BCUT2D eigenvalue weighted by atomic mass is 9.87. The average Bonchev–Trinajstić information content (AvgIpc) is 3.17. The summed E-state index contributed by atoms with van der Waals surface area (Å²) < 4.78 is 2.07. The highest BCUT2D eigenvalue weighted by atomic mass is 35.5. The van der Waals surface area contributed by atoms with Crippen LogP contribution in [0.3, 0.4) is 0 Å². The zero-order chi connectivity index (χ0) is 15.0. The first-order chi connectivity index (χ1) is 10.8. The van der Waals surface area contributed by atoms with Gasteiger partial charge in [0.2, 0.25) is 0 Å². The molecule has 0 spiro atoms. The lowest BCUT2D eigenvalue weighted by molar-refractivity contribution is 0.585. The van der Waals surface area contributed by atoms with Crippen molar-refractivity contribution in [3.05, 3.63) is 89.0 Å². The quantitative estimate of drug-likeness (QED) is 0.692. The summed E-state index contributed by atoms with van der Waals surface area (Å²) in [6.07, 6.45) is 5.75. The number of nitrogens with zero attached hydrogens (tertiary/aromatic N) is 2. The van der Waals surface area contributed by atoms with Crippen LogP contribution >= 0.6 is 23.4 Å². The molecular formula is C18H15ClN2S. The van der Waals surface area contributed by atoms with Gasteiger partial charge in [-0.2, -0.15) is 0 Å². The van der Waals surface area contributed by atoms with Crippen molar-refractivity contribution in [1.82, 2.24) is 9.55 Å². The summed E-state index contributed by atoms with van der Waals surface area (Å²) in [6.45, 7) is 0.871. The van der Waals surface area contributed by atoms with E-state index in [1.165, 1.54) is 16.7 Å². The van der Waals surface area contributed by atoms with E-state index in [9.17, 15) is 0 Å². The van der Waals surface area contributed by atoms with Crippen molar-refractivity contribution in [3.63, 3.8) is 0 Å². The highest BCUT2D eigenvalue weighted by Crippen LogP contribution is 2.52. The third-order valence-corrected chi connectivity index (χ3v) is 5.95. The maximum atomic E-state index is 6.18. The van der Waals surface area contributed by atoms with Crippen molar-refractivity contribution in [2.24, 2.45) is 0 Å². The summed E-state index contributed by atoms with van der Waals surface area (Å²) in [7, 11) is 0. The predicted octanol–water partition coefficient (Wildman–Crippen LogP) is 4.73. The monoisotopic (exact) mass is 326 g/mol. The SMILES string of the molecule is Clc1ccc2c(c1)CSC2(Cn1ccnc1)c1ccccc1. The molecule has 0 bridgehead atoms. The highest BCUT2D eigenvalue weighted by Gasteiger charge is 2.41. The topological polar surface area (TPSA) is 17.8 Å². The van der Waals surface area contributed by atoms with Gasteiger partial charge in [-0.05, 0) is 28.8 Å². The third kappa shape index (κ3) is 2.25. The summed E-state index contributed by atoms with van der Waals surface area (Å²) in [4.78, 5) is 4.19. The molecule has 0 saturated heterocycles. The van der Waals surface area contributed by atoms with E-state index in [0.717, 1.165) is 17.3 Å². The largest absolute Gasteiger partial charge is 0.335 e. The molecule has 2 nitrogen and oxygen atoms in total. The van der Waals surface area contributed by atoms with Gasteiger partial charge in [-0.15, -0.1) is 11.8 Å². The summed E-state index contributed by atoms with van der Waals surface area (Å²) in [5.74, 6) is 0.986. The molecule has 4 heteroatoms. The first-order valence-corrected chi connectivity index (χ1v) is 8.58. The Morgan fingerprint density at radius 2 is 2.05 bits per heavy atom. The number of imidazole rings is 1. The predicted molar refractivity (Wildman–Crippen MR) is 92.2 cm³/mol. The molecule has 0 saturated carbocycles. The second-order valence-electron chi connectivity index (χ2n) is 5.52. The van der Waals surface area contributed by atoms with Crippen LogP contribution in [0.25, 0.3) is 0 Å². The molecule has 0 fully saturated rings. The first kappa shape index (κ1) is 13.9. The fourth-order valence-corrected chi connectivity index (χ4v) is 4.89. The Morgan fingerprint density at radius 1 is 1.18 bits per heavy atom. The van der Waals surface area contributed by atoms with E-state index in [2.05, 4.69) is 52.0 Å². The van der Waals surface area contributed by atoms with Gasteiger partial charge >= 0.3 is 0 Å². The number of thioether (sulfide) groups is 1. The molecule has 2 heterocycles. The van der Waals surface area contributed by atoms with Crippen LogP contribution in [0, 0.1) is 0 Å². The van der Waals surface area contributed by atoms with Crippen molar-refractivity contribution < 1.29 is 0 Å². The molecular weight excluding hydrogens is 312 g/mol. The molecule has 0 radical (unpaired) electrons. The zero-order valence-corrected chi connectivity index (χ0v) is 13.5. The standard InChI is InChI=1S/C18H15ClN2S/c19-16-6-7-17-14(10-16)11-22-18(17,12-21-9-8-20-13-21)15-4-2-1-3-5-15/h1-10,13H,11-12H2. The smallest absolute Gasteiger partial charge is 0.0946 e. The fraction of sp³-hybridized carbons (Fsp3) is 0.167. The Hall–Kier alpha value is -1.71. The van der Waals surface area contributed by atoms with Gasteiger partial charge < -0.3 is 4.57 Å². The summed E-state index contributed by atoms with van der Waals surface area (Å²) in [6, 6.07) is 17.0. The normalized spacial score (nSPS) is 20.0. The van der Waals surface area contributed by atoms with E-state index in [-0.39, 0.29) is 4.75 Å². The van der Waals surface area contributed by atoms with E-state index in [4.69, 9.17) is 11.6 Å². The van der Waals surface area contributed by atoms with Crippen LogP contribution in [0.4, 0.5) is 0 Å². The maximum Gasteiger partial charge on any atom is 0.0946 e. The van der Waals surface area contributed by atoms with Crippen LogP contribution < -0.4 is 0 Å². The van der Waals surface area contributed by atoms with E-state index in [1.807, 2.05) is 36.5 Å². The first-order valence-electron chi connectivity index (χ1n) is 7.22. The Labute approximate surface area is 139 Å². The van der Waals surface area contributed by atoms with Crippen LogP contribution in [0.15, 0.2) is 67.3 Å². The molecule has 1 unspecified atom stereocenters. The number of hydrogen-bond donors (Lipinski definition) is 0. The van der Waals surface area contributed by atoms with Gasteiger partial charge in [0, 0.05) is 29.7 Å². The molecule has 1 atom stereocenters. The van der Waals surface area contributed by atoms with Crippen LogP contribution in [0.5, 0.6) is 0 Å². The van der Waals surface area contributed by atoms with E-state index >= 15 is 0 Å². The molecule has 2 aromatic carbocycles. The highest BCUT2D eigenvalue weighted by molar-refractivity contribution is 8.00. The Morgan fingerprint density at radius 3 is 2.82 bits per heavy atom. The molecule has 110 valence electrons. The van der Waals surface area contributed by atoms with Crippen molar-refractivity contribution in [3.8, 4) is 0 Å². The summed E-state index contributed by atoms with van der Waals surface area (Å²) >= 11 is 8.15. The fourth-order valence-electron chi connectivity index (χ4n) is 3.16. The van der Waals surface area contributed by atoms with Gasteiger partial charge in [-0.3, -0.25) is 0 Å². The van der Waals surface area contributed by atoms with E-state index in [0.29, 0.717) is 0 Å². The number of aromatic nitrogens is 2. The van der Waals surface area contributed by atoms with Crippen molar-refractivity contribution in [1.29, 1.82) is 0 Å². The van der Waals surface area contributed by atoms with Crippen molar-refractivity contribution >= 4 is 23.4 Å². The number of benzene rings is 2. The number of rotatable bonds is 3. The van der Waals surface area contributed by atoms with Gasteiger partial charge in [-0.25, -0.2) is 4.98 Å². The van der Waals surface area contributed by atoms with Crippen LogP contribution in [0.1, 0.15) is 16.7 Å². The Kier molecular flexibility index (Phi) is 3.47. The minimum Gasteiger partial charge on any atom is -0.335 e. The van der Waals surface area contributed by atoms with E-state index < -0.39 is 0 Å². The van der Waals surface area contributed by atoms with Crippen LogP contribution in [-0.2, 0) is 17.0 Å². The second kappa shape index (κ2) is 5.49. The molecule has 1 aliphatic rings. The second-order valence-corrected chi connectivity index (χ2v) is 7.23. The minimum atomic E-state index is -0.0815. The van der Waals surface area contributed by atoms with Gasteiger partial charge in [0.05, 0.1) is 11.1 Å². The minimum absolute atomic E-state index is 0.0815. The lowest BCUT2D eigenvalue weighted by Crippen LogP contribution is -2.27. The number of fused-ring (bicyclic) bond motifs is 1. The third-order valence-electron chi connectivity index (χ3n) is 4.18. The molecule has 1 aliphatic heterocycles. The summed E-state index contributed by atoms with van der Waals surface area (Å²) in [5.41, 5.74) is 4.03. The molecule has 0 N–H and O–H groups in total. The Bertz CT molecular complexity index is 786. The number of hydrogen-bond acceptors (Lipinski definition) is 2. The van der Waals surface area contributed by atoms with Crippen molar-refractivity contribution in [2.75, 3.05) is 0 Å². The van der Waals surface area contributed by atoms with Crippen LogP contribution in [0.2, 0.25) is 5.02 Å². The van der Waals surface area contributed by atoms with Crippen molar-refractivity contribution in [2.45, 2.75) is 17.0 Å². The molecule has 0 amide bonds. The molecule has 22 heavy (non-hydrogen) atoms. The van der Waals surface area contributed by atoms with Gasteiger partial charge in [0.1, 0.15) is 0 Å². The molecule has 1 aromatic heterocycles. The van der Waals surface area contributed by atoms with Gasteiger partial charge in [0.15, 0.2) is 0 Å².